The van der Waals surface area contributed by atoms with Crippen LogP contribution in [0.15, 0.2) is 0 Å². The first-order valence-corrected chi connectivity index (χ1v) is 6.52. The largest absolute Gasteiger partial charge is 0.481 e. The molecule has 5 heteroatoms. The van der Waals surface area contributed by atoms with Gasteiger partial charge in [0, 0.05) is 25.0 Å². The van der Waals surface area contributed by atoms with Crippen LogP contribution in [0.25, 0.3) is 0 Å². The van der Waals surface area contributed by atoms with E-state index in [1.807, 2.05) is 19.0 Å². The van der Waals surface area contributed by atoms with Gasteiger partial charge in [0.15, 0.2) is 0 Å². The highest BCUT2D eigenvalue weighted by molar-refractivity contribution is 5.84. The van der Waals surface area contributed by atoms with Gasteiger partial charge in [-0.1, -0.05) is 13.8 Å². The third-order valence-corrected chi connectivity index (χ3v) is 3.97. The van der Waals surface area contributed by atoms with Crippen molar-refractivity contribution in [3.8, 4) is 0 Å². The van der Waals surface area contributed by atoms with Crippen molar-refractivity contribution in [1.29, 1.82) is 0 Å². The Bertz CT molecular complexity index is 317. The van der Waals surface area contributed by atoms with E-state index < -0.39 is 17.8 Å². The number of amides is 1. The van der Waals surface area contributed by atoms with E-state index in [1.54, 1.807) is 13.8 Å². The van der Waals surface area contributed by atoms with Crippen molar-refractivity contribution >= 4 is 11.9 Å². The monoisotopic (exact) mass is 256 g/mol. The molecule has 0 aromatic carbocycles. The van der Waals surface area contributed by atoms with E-state index in [9.17, 15) is 9.59 Å². The fraction of sp³-hybridized carbons (Fsp3) is 0.846. The van der Waals surface area contributed by atoms with Gasteiger partial charge in [0.2, 0.25) is 5.91 Å². The number of rotatable bonds is 4. The Morgan fingerprint density at radius 2 is 1.89 bits per heavy atom. The smallest absolute Gasteiger partial charge is 0.307 e. The van der Waals surface area contributed by atoms with Crippen LogP contribution in [0, 0.1) is 11.8 Å². The summed E-state index contributed by atoms with van der Waals surface area (Å²) in [7, 11) is 4.03. The van der Waals surface area contributed by atoms with Crippen LogP contribution in [-0.2, 0) is 9.59 Å². The molecular weight excluding hydrogens is 232 g/mol. The third kappa shape index (κ3) is 3.45. The van der Waals surface area contributed by atoms with Gasteiger partial charge in [0.25, 0.3) is 0 Å². The lowest BCUT2D eigenvalue weighted by atomic mass is 9.93. The molecular formula is C13H24N2O3. The molecule has 1 rings (SSSR count). The maximum Gasteiger partial charge on any atom is 0.307 e. The molecule has 104 valence electrons. The minimum atomic E-state index is -0.906. The van der Waals surface area contributed by atoms with Crippen LogP contribution < -0.4 is 0 Å². The number of carboxylic acids is 1. The first-order chi connectivity index (χ1) is 8.34. The lowest BCUT2D eigenvalue weighted by Gasteiger charge is -2.37. The summed E-state index contributed by atoms with van der Waals surface area (Å²) >= 11 is 0. The Labute approximate surface area is 109 Å². The predicted octanol–water partition coefficient (Wildman–Crippen LogP) is 0.896. The summed E-state index contributed by atoms with van der Waals surface area (Å²) in [4.78, 5) is 27.1. The first kappa shape index (κ1) is 15.0. The zero-order chi connectivity index (χ0) is 13.9. The van der Waals surface area contributed by atoms with Gasteiger partial charge in [-0.05, 0) is 26.9 Å². The van der Waals surface area contributed by atoms with Crippen molar-refractivity contribution in [2.24, 2.45) is 11.8 Å². The van der Waals surface area contributed by atoms with Crippen molar-refractivity contribution in [2.45, 2.75) is 32.7 Å². The molecule has 0 aliphatic carbocycles. The Hall–Kier alpha value is -1.10. The molecule has 0 saturated carbocycles. The topological polar surface area (TPSA) is 60.9 Å². The number of nitrogens with zero attached hydrogens (tertiary/aromatic N) is 2. The molecule has 3 atom stereocenters. The summed E-state index contributed by atoms with van der Waals surface area (Å²) < 4.78 is 0. The zero-order valence-corrected chi connectivity index (χ0v) is 11.7. The van der Waals surface area contributed by atoms with Crippen LogP contribution in [0.2, 0.25) is 0 Å². The Kier molecular flexibility index (Phi) is 5.14. The van der Waals surface area contributed by atoms with Gasteiger partial charge in [0.05, 0.1) is 5.92 Å². The quantitative estimate of drug-likeness (QED) is 0.811. The van der Waals surface area contributed by atoms with E-state index in [4.69, 9.17) is 5.11 Å². The number of carboxylic acid groups (broad SMARTS) is 1. The second kappa shape index (κ2) is 6.18. The number of hydrogen-bond donors (Lipinski definition) is 1. The Morgan fingerprint density at radius 3 is 2.39 bits per heavy atom. The van der Waals surface area contributed by atoms with E-state index in [-0.39, 0.29) is 5.91 Å². The normalized spacial score (nSPS) is 23.8. The molecule has 0 bridgehead atoms. The minimum Gasteiger partial charge on any atom is -0.481 e. The minimum absolute atomic E-state index is 0.0311. The van der Waals surface area contributed by atoms with E-state index >= 15 is 0 Å². The van der Waals surface area contributed by atoms with E-state index in [0.717, 1.165) is 19.4 Å². The zero-order valence-electron chi connectivity index (χ0n) is 11.7. The number of likely N-dealkylation sites (N-methyl/N-ethyl adjacent to an activating group) is 1. The standard InChI is InChI=1S/C13H24N2O3/c1-9(10(2)13(17)18)12(16)15-7-5-6-11(8-15)14(3)4/h9-11H,5-8H2,1-4H3,(H,17,18). The maximum atomic E-state index is 12.3. The van der Waals surface area contributed by atoms with Gasteiger partial charge < -0.3 is 14.9 Å². The molecule has 0 spiro atoms. The van der Waals surface area contributed by atoms with E-state index in [2.05, 4.69) is 4.90 Å². The van der Waals surface area contributed by atoms with Crippen LogP contribution in [0.1, 0.15) is 26.7 Å². The van der Waals surface area contributed by atoms with Crippen molar-refractivity contribution < 1.29 is 14.7 Å². The van der Waals surface area contributed by atoms with Crippen LogP contribution in [-0.4, -0.2) is 60.0 Å². The van der Waals surface area contributed by atoms with Crippen LogP contribution in [0.3, 0.4) is 0 Å². The summed E-state index contributed by atoms with van der Waals surface area (Å²) in [6.45, 7) is 4.76. The molecule has 1 heterocycles. The van der Waals surface area contributed by atoms with Gasteiger partial charge in [-0.2, -0.15) is 0 Å². The molecule has 0 radical (unpaired) electrons. The fourth-order valence-electron chi connectivity index (χ4n) is 2.29. The number of carbonyl (C=O) groups is 2. The van der Waals surface area contributed by atoms with Crippen LogP contribution in [0.5, 0.6) is 0 Å². The lowest BCUT2D eigenvalue weighted by molar-refractivity contribution is -0.149. The van der Waals surface area contributed by atoms with Crippen molar-refractivity contribution in [1.82, 2.24) is 9.80 Å². The molecule has 0 aromatic heterocycles. The van der Waals surface area contributed by atoms with Gasteiger partial charge in [-0.15, -0.1) is 0 Å². The van der Waals surface area contributed by atoms with Crippen molar-refractivity contribution in [3.05, 3.63) is 0 Å². The summed E-state index contributed by atoms with van der Waals surface area (Å²) in [5, 5.41) is 8.96. The van der Waals surface area contributed by atoms with Gasteiger partial charge in [0.1, 0.15) is 0 Å². The highest BCUT2D eigenvalue weighted by Gasteiger charge is 2.32. The van der Waals surface area contributed by atoms with E-state index in [0.29, 0.717) is 12.6 Å². The third-order valence-electron chi connectivity index (χ3n) is 3.97. The molecule has 1 aliphatic rings. The highest BCUT2D eigenvalue weighted by Crippen LogP contribution is 2.19. The first-order valence-electron chi connectivity index (χ1n) is 6.52. The number of piperidine rings is 1. The predicted molar refractivity (Wildman–Crippen MR) is 69.3 cm³/mol. The molecule has 0 aromatic rings. The summed E-state index contributed by atoms with van der Waals surface area (Å²) in [6.07, 6.45) is 2.09. The van der Waals surface area contributed by atoms with Gasteiger partial charge >= 0.3 is 5.97 Å². The molecule has 1 amide bonds. The van der Waals surface area contributed by atoms with E-state index in [1.165, 1.54) is 0 Å². The van der Waals surface area contributed by atoms with Gasteiger partial charge in [-0.3, -0.25) is 9.59 Å². The Balaban J connectivity index is 2.63. The molecule has 3 unspecified atom stereocenters. The second-order valence-electron chi connectivity index (χ2n) is 5.46. The fourth-order valence-corrected chi connectivity index (χ4v) is 2.29. The molecule has 1 fully saturated rings. The average Bonchev–Trinajstić information content (AvgIpc) is 2.36. The van der Waals surface area contributed by atoms with Crippen molar-refractivity contribution in [2.75, 3.05) is 27.2 Å². The van der Waals surface area contributed by atoms with Crippen LogP contribution >= 0.6 is 0 Å². The highest BCUT2D eigenvalue weighted by atomic mass is 16.4. The molecule has 1 saturated heterocycles. The number of carbonyl (C=O) groups excluding carboxylic acids is 1. The Morgan fingerprint density at radius 1 is 1.28 bits per heavy atom. The number of hydrogen-bond acceptors (Lipinski definition) is 3. The van der Waals surface area contributed by atoms with Crippen molar-refractivity contribution in [3.63, 3.8) is 0 Å². The number of aliphatic carboxylic acids is 1. The molecule has 18 heavy (non-hydrogen) atoms. The van der Waals surface area contributed by atoms with Crippen LogP contribution in [0.4, 0.5) is 0 Å². The summed E-state index contributed by atoms with van der Waals surface area (Å²) in [6, 6.07) is 0.384. The molecule has 1 N–H and O–H groups in total. The lowest BCUT2D eigenvalue weighted by Crippen LogP contribution is -2.50. The molecule has 5 nitrogen and oxygen atoms in total. The molecule has 1 aliphatic heterocycles. The summed E-state index contributed by atoms with van der Waals surface area (Å²) in [5.74, 6) is -2.02. The average molecular weight is 256 g/mol. The second-order valence-corrected chi connectivity index (χ2v) is 5.46. The summed E-state index contributed by atoms with van der Waals surface area (Å²) in [5.41, 5.74) is 0. The van der Waals surface area contributed by atoms with Gasteiger partial charge in [-0.25, -0.2) is 0 Å². The number of likely N-dealkylation sites (tertiary alicyclic amines) is 1. The maximum absolute atomic E-state index is 12.3. The SMILES string of the molecule is CC(C(=O)O)C(C)C(=O)N1CCCC(N(C)C)C1.